The zero-order valence-electron chi connectivity index (χ0n) is 17.6. The van der Waals surface area contributed by atoms with Crippen LogP contribution in [0.1, 0.15) is 75.6 Å². The van der Waals surface area contributed by atoms with Gasteiger partial charge in [-0.05, 0) is 41.5 Å². The Morgan fingerprint density at radius 3 is 2.00 bits per heavy atom. The molecule has 6 nitrogen and oxygen atoms in total. The molecule has 0 aliphatic rings. The third kappa shape index (κ3) is 5.81. The Hall–Kier alpha value is -2.37. The number of hydrogen-bond acceptors (Lipinski definition) is 5. The third-order valence-electron chi connectivity index (χ3n) is 4.38. The summed E-state index contributed by atoms with van der Waals surface area (Å²) < 4.78 is 10.3. The zero-order valence-corrected chi connectivity index (χ0v) is 17.6. The lowest BCUT2D eigenvalue weighted by molar-refractivity contribution is -0.144. The second kappa shape index (κ2) is 9.53. The maximum atomic E-state index is 12.2. The molecule has 1 rings (SSSR count). The number of benzene rings is 1. The van der Waals surface area contributed by atoms with E-state index in [2.05, 4.69) is 19.2 Å². The molecule has 0 radical (unpaired) electrons. The predicted octanol–water partition coefficient (Wildman–Crippen LogP) is 3.39. The van der Waals surface area contributed by atoms with Crippen LogP contribution in [0.4, 0.5) is 0 Å². The molecule has 0 saturated heterocycles. The van der Waals surface area contributed by atoms with Crippen molar-refractivity contribution in [1.29, 1.82) is 0 Å². The lowest BCUT2D eigenvalue weighted by atomic mass is 9.82. The molecule has 0 aliphatic carbocycles. The van der Waals surface area contributed by atoms with Gasteiger partial charge in [-0.3, -0.25) is 9.59 Å². The maximum Gasteiger partial charge on any atom is 0.328 e. The lowest BCUT2D eigenvalue weighted by Crippen LogP contribution is -2.42. The highest BCUT2D eigenvalue weighted by Gasteiger charge is 2.27. The fourth-order valence-corrected chi connectivity index (χ4v) is 3.42. The molecule has 6 heteroatoms. The Kier molecular flexibility index (Phi) is 8.00. The molecule has 27 heavy (non-hydrogen) atoms. The van der Waals surface area contributed by atoms with Gasteiger partial charge in [0.1, 0.15) is 11.8 Å². The van der Waals surface area contributed by atoms with Crippen molar-refractivity contribution in [3.63, 3.8) is 0 Å². The van der Waals surface area contributed by atoms with E-state index in [0.29, 0.717) is 12.2 Å². The van der Waals surface area contributed by atoms with E-state index in [4.69, 9.17) is 9.47 Å². The quantitative estimate of drug-likeness (QED) is 0.582. The van der Waals surface area contributed by atoms with Crippen LogP contribution in [0.5, 0.6) is 5.75 Å². The first kappa shape index (κ1) is 22.7. The first-order valence-electron chi connectivity index (χ1n) is 9.19. The molecule has 150 valence electrons. The average Bonchev–Trinajstić information content (AvgIpc) is 2.53. The third-order valence-corrected chi connectivity index (χ3v) is 4.38. The number of amides is 1. The van der Waals surface area contributed by atoms with E-state index in [0.717, 1.165) is 22.3 Å². The average molecular weight is 377 g/mol. The number of methoxy groups -OCH3 is 1. The molecule has 1 aromatic rings. The van der Waals surface area contributed by atoms with Gasteiger partial charge in [-0.2, -0.15) is 0 Å². The van der Waals surface area contributed by atoms with Crippen LogP contribution in [0, 0.1) is 6.92 Å². The molecule has 0 fully saturated rings. The summed E-state index contributed by atoms with van der Waals surface area (Å²) in [6.45, 7) is 12.9. The number of carbonyl (C=O) groups is 3. The van der Waals surface area contributed by atoms with Gasteiger partial charge in [0.2, 0.25) is 5.91 Å². The van der Waals surface area contributed by atoms with Crippen molar-refractivity contribution in [3.05, 3.63) is 28.3 Å². The fourth-order valence-electron chi connectivity index (χ4n) is 3.42. The SMILES string of the molecule is COC(=O)[C@H](Cc1c(C)cc(OC(C)=O)c(C(C)C)c1C(C)C)NC(C)=O. The summed E-state index contributed by atoms with van der Waals surface area (Å²) in [5, 5.41) is 2.67. The van der Waals surface area contributed by atoms with E-state index in [1.807, 2.05) is 26.8 Å². The molecule has 0 aromatic heterocycles. The van der Waals surface area contributed by atoms with Crippen molar-refractivity contribution in [3.8, 4) is 5.75 Å². The van der Waals surface area contributed by atoms with Gasteiger partial charge in [0.15, 0.2) is 0 Å². The molecule has 1 atom stereocenters. The van der Waals surface area contributed by atoms with E-state index in [9.17, 15) is 14.4 Å². The molecule has 0 saturated carbocycles. The van der Waals surface area contributed by atoms with Gasteiger partial charge in [-0.1, -0.05) is 27.7 Å². The van der Waals surface area contributed by atoms with Crippen LogP contribution in [0.15, 0.2) is 6.07 Å². The topological polar surface area (TPSA) is 81.7 Å². The van der Waals surface area contributed by atoms with Gasteiger partial charge in [0.25, 0.3) is 0 Å². The summed E-state index contributed by atoms with van der Waals surface area (Å²) >= 11 is 0. The van der Waals surface area contributed by atoms with Gasteiger partial charge >= 0.3 is 11.9 Å². The molecule has 0 aliphatic heterocycles. The van der Waals surface area contributed by atoms with Gasteiger partial charge in [-0.25, -0.2) is 4.79 Å². The molecule has 1 amide bonds. The largest absolute Gasteiger partial charge is 0.467 e. The van der Waals surface area contributed by atoms with Crippen molar-refractivity contribution in [2.45, 2.75) is 72.8 Å². The van der Waals surface area contributed by atoms with Gasteiger partial charge in [-0.15, -0.1) is 0 Å². The van der Waals surface area contributed by atoms with Crippen LogP contribution < -0.4 is 10.1 Å². The number of esters is 2. The van der Waals surface area contributed by atoms with Gasteiger partial charge < -0.3 is 14.8 Å². The molecule has 0 heterocycles. The first-order valence-corrected chi connectivity index (χ1v) is 9.19. The van der Waals surface area contributed by atoms with Crippen LogP contribution in [0.25, 0.3) is 0 Å². The second-order valence-corrected chi connectivity index (χ2v) is 7.38. The predicted molar refractivity (Wildman–Crippen MR) is 104 cm³/mol. The standard InChI is InChI=1S/C21H31NO5/c1-11(2)19-16(10-17(21(25)26-8)22-14(6)23)13(5)9-18(27-15(7)24)20(19)12(3)4/h9,11-12,17H,10H2,1-8H3,(H,22,23)/t17-/m0/s1. The lowest BCUT2D eigenvalue weighted by Gasteiger charge is -2.27. The van der Waals surface area contributed by atoms with Crippen molar-refractivity contribution in [2.75, 3.05) is 7.11 Å². The normalized spacial score (nSPS) is 12.1. The van der Waals surface area contributed by atoms with E-state index in [-0.39, 0.29) is 23.7 Å². The van der Waals surface area contributed by atoms with Crippen molar-refractivity contribution >= 4 is 17.8 Å². The molecule has 1 N–H and O–H groups in total. The van der Waals surface area contributed by atoms with Gasteiger partial charge in [0, 0.05) is 25.8 Å². The summed E-state index contributed by atoms with van der Waals surface area (Å²) in [4.78, 5) is 35.3. The fraction of sp³-hybridized carbons (Fsp3) is 0.571. The molecule has 0 bridgehead atoms. The van der Waals surface area contributed by atoms with Crippen LogP contribution in [0.3, 0.4) is 0 Å². The Balaban J connectivity index is 3.61. The summed E-state index contributed by atoms with van der Waals surface area (Å²) in [7, 11) is 1.30. The number of hydrogen-bond donors (Lipinski definition) is 1. The molecule has 0 unspecified atom stereocenters. The van der Waals surface area contributed by atoms with Crippen molar-refractivity contribution in [2.24, 2.45) is 0 Å². The highest BCUT2D eigenvalue weighted by molar-refractivity contribution is 5.83. The van der Waals surface area contributed by atoms with Crippen LogP contribution >= 0.6 is 0 Å². The maximum absolute atomic E-state index is 12.2. The molecular formula is C21H31NO5. The van der Waals surface area contributed by atoms with Crippen LogP contribution in [-0.2, 0) is 25.5 Å². The molecular weight excluding hydrogens is 346 g/mol. The minimum absolute atomic E-state index is 0.119. The first-order chi connectivity index (χ1) is 12.5. The van der Waals surface area contributed by atoms with E-state index < -0.39 is 12.0 Å². The highest BCUT2D eigenvalue weighted by atomic mass is 16.5. The van der Waals surface area contributed by atoms with E-state index >= 15 is 0 Å². The Morgan fingerprint density at radius 1 is 1.04 bits per heavy atom. The minimum atomic E-state index is -0.775. The summed E-state index contributed by atoms with van der Waals surface area (Å²) in [6, 6.07) is 1.06. The monoisotopic (exact) mass is 377 g/mol. The Bertz CT molecular complexity index is 722. The summed E-state index contributed by atoms with van der Waals surface area (Å²) in [5.74, 6) is -0.346. The van der Waals surface area contributed by atoms with E-state index in [1.165, 1.54) is 21.0 Å². The smallest absolute Gasteiger partial charge is 0.328 e. The Morgan fingerprint density at radius 2 is 1.59 bits per heavy atom. The van der Waals surface area contributed by atoms with E-state index in [1.54, 1.807) is 0 Å². The molecule has 0 spiro atoms. The zero-order chi connectivity index (χ0) is 20.9. The highest BCUT2D eigenvalue weighted by Crippen LogP contribution is 2.39. The number of nitrogens with one attached hydrogen (secondary N) is 1. The summed E-state index contributed by atoms with van der Waals surface area (Å²) in [6.07, 6.45) is 0.311. The molecule has 1 aromatic carbocycles. The number of carbonyl (C=O) groups excluding carboxylic acids is 3. The second-order valence-electron chi connectivity index (χ2n) is 7.38. The number of aryl methyl sites for hydroxylation is 1. The number of ether oxygens (including phenoxy) is 2. The van der Waals surface area contributed by atoms with Crippen LogP contribution in [-0.4, -0.2) is 31.0 Å². The minimum Gasteiger partial charge on any atom is -0.467 e. The van der Waals surface area contributed by atoms with Gasteiger partial charge in [0.05, 0.1) is 7.11 Å². The number of rotatable bonds is 7. The van der Waals surface area contributed by atoms with Crippen molar-refractivity contribution in [1.82, 2.24) is 5.32 Å². The Labute approximate surface area is 161 Å². The van der Waals surface area contributed by atoms with Crippen molar-refractivity contribution < 1.29 is 23.9 Å². The summed E-state index contributed by atoms with van der Waals surface area (Å²) in [5.41, 5.74) is 3.86. The van der Waals surface area contributed by atoms with Crippen LogP contribution in [0.2, 0.25) is 0 Å².